The number of carbonyl (C=O) groups is 1. The average Bonchev–Trinajstić information content (AvgIpc) is 2.49. The highest BCUT2D eigenvalue weighted by Gasteiger charge is 2.18. The molecule has 0 aromatic heterocycles. The van der Waals surface area contributed by atoms with Crippen molar-refractivity contribution in [3.63, 3.8) is 0 Å². The van der Waals surface area contributed by atoms with E-state index < -0.39 is 41.7 Å². The summed E-state index contributed by atoms with van der Waals surface area (Å²) in [6.07, 6.45) is -1.55. The van der Waals surface area contributed by atoms with Crippen LogP contribution in [0.1, 0.15) is 17.2 Å². The Labute approximate surface area is 131 Å². The zero-order valence-electron chi connectivity index (χ0n) is 12.2. The molecule has 0 heterocycles. The number of rotatable bonds is 4. The second-order valence-electron chi connectivity index (χ2n) is 4.90. The minimum absolute atomic E-state index is 0.253. The molecule has 122 valence electrons. The normalized spacial score (nSPS) is 11.9. The number of hydrogen-bond donors (Lipinski definition) is 3. The lowest BCUT2D eigenvalue weighted by atomic mass is 10.1. The lowest BCUT2D eigenvalue weighted by molar-refractivity contribution is 0.166. The monoisotopic (exact) mass is 324 g/mol. The van der Waals surface area contributed by atoms with Gasteiger partial charge in [0.15, 0.2) is 0 Å². The Morgan fingerprint density at radius 1 is 1.09 bits per heavy atom. The van der Waals surface area contributed by atoms with Gasteiger partial charge in [-0.15, -0.1) is 0 Å². The highest BCUT2D eigenvalue weighted by Crippen LogP contribution is 2.20. The van der Waals surface area contributed by atoms with E-state index in [4.69, 9.17) is 0 Å². The van der Waals surface area contributed by atoms with Gasteiger partial charge in [0.05, 0.1) is 5.56 Å². The lowest BCUT2D eigenvalue weighted by Gasteiger charge is -2.15. The fraction of sp³-hybridized carbons (Fsp3) is 0.188. The SMILES string of the molecule is Cc1c(F)cccc1NC(=O)NCC(O)c1c(F)cccc1F. The molecule has 0 aliphatic carbocycles. The Morgan fingerprint density at radius 3 is 2.30 bits per heavy atom. The molecule has 2 amide bonds. The largest absolute Gasteiger partial charge is 0.386 e. The van der Waals surface area contributed by atoms with E-state index in [9.17, 15) is 23.1 Å². The quantitative estimate of drug-likeness (QED) is 0.808. The molecule has 4 nitrogen and oxygen atoms in total. The van der Waals surface area contributed by atoms with Crippen LogP contribution in [-0.4, -0.2) is 17.7 Å². The van der Waals surface area contributed by atoms with Gasteiger partial charge in [0.25, 0.3) is 0 Å². The van der Waals surface area contributed by atoms with Crippen LogP contribution in [0.3, 0.4) is 0 Å². The van der Waals surface area contributed by atoms with E-state index in [0.29, 0.717) is 0 Å². The molecule has 2 aromatic rings. The van der Waals surface area contributed by atoms with Gasteiger partial charge in [-0.3, -0.25) is 0 Å². The van der Waals surface area contributed by atoms with E-state index in [-0.39, 0.29) is 11.3 Å². The summed E-state index contributed by atoms with van der Waals surface area (Å²) in [5, 5.41) is 14.5. The maximum absolute atomic E-state index is 13.5. The van der Waals surface area contributed by atoms with Crippen LogP contribution < -0.4 is 10.6 Å². The predicted molar refractivity (Wildman–Crippen MR) is 79.5 cm³/mol. The number of aliphatic hydroxyl groups excluding tert-OH is 1. The van der Waals surface area contributed by atoms with Gasteiger partial charge in [-0.1, -0.05) is 12.1 Å². The number of nitrogens with one attached hydrogen (secondary N) is 2. The summed E-state index contributed by atoms with van der Waals surface area (Å²) >= 11 is 0. The van der Waals surface area contributed by atoms with E-state index in [1.807, 2.05) is 0 Å². The molecule has 0 aliphatic heterocycles. The Bertz CT molecular complexity index is 702. The van der Waals surface area contributed by atoms with Crippen LogP contribution in [0.15, 0.2) is 36.4 Å². The molecular weight excluding hydrogens is 309 g/mol. The predicted octanol–water partition coefficient (Wildman–Crippen LogP) is 3.27. The third-order valence-corrected chi connectivity index (χ3v) is 3.30. The van der Waals surface area contributed by atoms with Crippen molar-refractivity contribution in [3.05, 3.63) is 65.0 Å². The maximum atomic E-state index is 13.5. The molecule has 2 aromatic carbocycles. The van der Waals surface area contributed by atoms with Crippen LogP contribution in [0.5, 0.6) is 0 Å². The second kappa shape index (κ2) is 7.15. The van der Waals surface area contributed by atoms with E-state index in [2.05, 4.69) is 10.6 Å². The molecule has 0 fully saturated rings. The van der Waals surface area contributed by atoms with Crippen LogP contribution in [0.2, 0.25) is 0 Å². The van der Waals surface area contributed by atoms with Crippen LogP contribution in [0, 0.1) is 24.4 Å². The molecule has 0 saturated heterocycles. The summed E-state index contributed by atoms with van der Waals surface area (Å²) in [7, 11) is 0. The standard InChI is InChI=1S/C16H15F3N2O2/c1-9-10(17)4-3-7-13(9)21-16(23)20-8-14(22)15-11(18)5-2-6-12(15)19/h2-7,14,22H,8H2,1H3,(H2,20,21,23). The third kappa shape index (κ3) is 4.01. The van der Waals surface area contributed by atoms with E-state index >= 15 is 0 Å². The smallest absolute Gasteiger partial charge is 0.319 e. The first-order chi connectivity index (χ1) is 10.9. The van der Waals surface area contributed by atoms with Crippen molar-refractivity contribution in [2.45, 2.75) is 13.0 Å². The fourth-order valence-electron chi connectivity index (χ4n) is 2.03. The van der Waals surface area contributed by atoms with Gasteiger partial charge < -0.3 is 15.7 Å². The zero-order chi connectivity index (χ0) is 17.0. The zero-order valence-corrected chi connectivity index (χ0v) is 12.2. The summed E-state index contributed by atoms with van der Waals surface area (Å²) in [5.41, 5.74) is -0.00727. The van der Waals surface area contributed by atoms with Crippen molar-refractivity contribution in [1.29, 1.82) is 0 Å². The van der Waals surface area contributed by atoms with Gasteiger partial charge in [0, 0.05) is 17.8 Å². The summed E-state index contributed by atoms with van der Waals surface area (Å²) in [6, 6.07) is 6.66. The highest BCUT2D eigenvalue weighted by molar-refractivity contribution is 5.90. The molecule has 0 spiro atoms. The fourth-order valence-corrected chi connectivity index (χ4v) is 2.03. The number of carbonyl (C=O) groups excluding carboxylic acids is 1. The van der Waals surface area contributed by atoms with Crippen molar-refractivity contribution in [3.8, 4) is 0 Å². The molecule has 23 heavy (non-hydrogen) atoms. The number of hydrogen-bond acceptors (Lipinski definition) is 2. The molecule has 1 unspecified atom stereocenters. The average molecular weight is 324 g/mol. The first-order valence-electron chi connectivity index (χ1n) is 6.82. The number of halogens is 3. The van der Waals surface area contributed by atoms with Gasteiger partial charge in [-0.2, -0.15) is 0 Å². The van der Waals surface area contributed by atoms with Crippen molar-refractivity contribution < 1.29 is 23.1 Å². The van der Waals surface area contributed by atoms with Gasteiger partial charge in [-0.05, 0) is 31.2 Å². The van der Waals surface area contributed by atoms with E-state index in [0.717, 1.165) is 12.1 Å². The minimum Gasteiger partial charge on any atom is -0.386 e. The number of aliphatic hydroxyl groups is 1. The maximum Gasteiger partial charge on any atom is 0.319 e. The third-order valence-electron chi connectivity index (χ3n) is 3.30. The molecule has 2 rings (SSSR count). The van der Waals surface area contributed by atoms with Crippen LogP contribution in [0.25, 0.3) is 0 Å². The Morgan fingerprint density at radius 2 is 1.65 bits per heavy atom. The Balaban J connectivity index is 1.98. The van der Waals surface area contributed by atoms with Crippen molar-refractivity contribution in [1.82, 2.24) is 5.32 Å². The van der Waals surface area contributed by atoms with Crippen molar-refractivity contribution in [2.24, 2.45) is 0 Å². The second-order valence-corrected chi connectivity index (χ2v) is 4.90. The molecule has 0 saturated carbocycles. The highest BCUT2D eigenvalue weighted by atomic mass is 19.1. The van der Waals surface area contributed by atoms with Crippen LogP contribution >= 0.6 is 0 Å². The molecule has 0 aliphatic rings. The summed E-state index contributed by atoms with van der Waals surface area (Å²) in [4.78, 5) is 11.7. The van der Waals surface area contributed by atoms with Crippen molar-refractivity contribution in [2.75, 3.05) is 11.9 Å². The van der Waals surface area contributed by atoms with Gasteiger partial charge in [0.1, 0.15) is 23.6 Å². The summed E-state index contributed by atoms with van der Waals surface area (Å²) in [6.45, 7) is 1.09. The first-order valence-corrected chi connectivity index (χ1v) is 6.82. The van der Waals surface area contributed by atoms with Crippen LogP contribution in [-0.2, 0) is 0 Å². The first kappa shape index (κ1) is 16.8. The molecule has 0 radical (unpaired) electrons. The Hall–Kier alpha value is -2.54. The Kier molecular flexibility index (Phi) is 5.23. The molecule has 0 bridgehead atoms. The van der Waals surface area contributed by atoms with Gasteiger partial charge in [0.2, 0.25) is 0 Å². The van der Waals surface area contributed by atoms with Gasteiger partial charge >= 0.3 is 6.03 Å². The molecule has 3 N–H and O–H groups in total. The number of urea groups is 1. The van der Waals surface area contributed by atoms with Crippen LogP contribution in [0.4, 0.5) is 23.7 Å². The summed E-state index contributed by atoms with van der Waals surface area (Å²) in [5.74, 6) is -2.28. The topological polar surface area (TPSA) is 61.4 Å². The van der Waals surface area contributed by atoms with Gasteiger partial charge in [-0.25, -0.2) is 18.0 Å². The number of benzene rings is 2. The molecular formula is C16H15F3N2O2. The number of amides is 2. The number of anilines is 1. The summed E-state index contributed by atoms with van der Waals surface area (Å²) < 4.78 is 40.4. The van der Waals surface area contributed by atoms with Crippen molar-refractivity contribution >= 4 is 11.7 Å². The van der Waals surface area contributed by atoms with E-state index in [1.165, 1.54) is 31.2 Å². The molecule has 1 atom stereocenters. The minimum atomic E-state index is -1.55. The lowest BCUT2D eigenvalue weighted by Crippen LogP contribution is -2.33. The molecule has 7 heteroatoms. The van der Waals surface area contributed by atoms with E-state index in [1.54, 1.807) is 0 Å².